The molecule has 1 fully saturated rings. The first kappa shape index (κ1) is 16.4. The summed E-state index contributed by atoms with van der Waals surface area (Å²) in [5.74, 6) is 0.795. The molecule has 0 N–H and O–H groups in total. The number of pyridine rings is 1. The summed E-state index contributed by atoms with van der Waals surface area (Å²) < 4.78 is 5.98. The molecule has 6 heteroatoms. The monoisotopic (exact) mass is 339 g/mol. The van der Waals surface area contributed by atoms with Gasteiger partial charge in [0.2, 0.25) is 5.95 Å². The number of ether oxygens (including phenoxy) is 1. The van der Waals surface area contributed by atoms with Gasteiger partial charge in [0, 0.05) is 50.8 Å². The highest BCUT2D eigenvalue weighted by Gasteiger charge is 2.45. The molecular weight excluding hydrogens is 314 g/mol. The van der Waals surface area contributed by atoms with Crippen molar-refractivity contribution in [1.82, 2.24) is 19.9 Å². The molecule has 6 nitrogen and oxygen atoms in total. The third-order valence-corrected chi connectivity index (χ3v) is 5.29. The molecular formula is C19H25N5O. The Morgan fingerprint density at radius 3 is 2.96 bits per heavy atom. The van der Waals surface area contributed by atoms with Crippen molar-refractivity contribution in [3.8, 4) is 0 Å². The van der Waals surface area contributed by atoms with E-state index in [1.165, 1.54) is 16.8 Å². The summed E-state index contributed by atoms with van der Waals surface area (Å²) in [5, 5.41) is 0. The first-order valence-corrected chi connectivity index (χ1v) is 8.82. The minimum Gasteiger partial charge on any atom is -0.376 e. The van der Waals surface area contributed by atoms with E-state index in [-0.39, 0.29) is 5.41 Å². The number of hydrogen-bond donors (Lipinski definition) is 0. The van der Waals surface area contributed by atoms with Crippen LogP contribution in [0.5, 0.6) is 0 Å². The first-order chi connectivity index (χ1) is 12.1. The maximum atomic E-state index is 5.98. The van der Waals surface area contributed by atoms with Gasteiger partial charge >= 0.3 is 0 Å². The zero-order valence-corrected chi connectivity index (χ0v) is 15.2. The van der Waals surface area contributed by atoms with Crippen LogP contribution in [-0.4, -0.2) is 53.6 Å². The topological polar surface area (TPSA) is 54.4 Å². The van der Waals surface area contributed by atoms with E-state index in [1.807, 2.05) is 37.5 Å². The van der Waals surface area contributed by atoms with Gasteiger partial charge in [0.15, 0.2) is 0 Å². The SMILES string of the molecule is Cc1nc(N(C)C)nc2c1COC[C@@]21CCN(Cc2cccnc2)C1. The molecule has 2 aliphatic heterocycles. The van der Waals surface area contributed by atoms with Crippen LogP contribution in [0.1, 0.15) is 28.9 Å². The van der Waals surface area contributed by atoms with Crippen molar-refractivity contribution in [2.45, 2.75) is 31.9 Å². The minimum absolute atomic E-state index is 0.0196. The second kappa shape index (κ2) is 6.35. The molecule has 0 radical (unpaired) electrons. The smallest absolute Gasteiger partial charge is 0.225 e. The van der Waals surface area contributed by atoms with E-state index >= 15 is 0 Å². The third-order valence-electron chi connectivity index (χ3n) is 5.29. The predicted molar refractivity (Wildman–Crippen MR) is 96.6 cm³/mol. The van der Waals surface area contributed by atoms with Gasteiger partial charge in [0.05, 0.1) is 24.3 Å². The fourth-order valence-electron chi connectivity index (χ4n) is 3.96. The van der Waals surface area contributed by atoms with Gasteiger partial charge < -0.3 is 9.64 Å². The van der Waals surface area contributed by atoms with E-state index in [1.54, 1.807) is 0 Å². The largest absolute Gasteiger partial charge is 0.376 e. The Kier molecular flexibility index (Phi) is 4.17. The standard InChI is InChI=1S/C19H25N5O/c1-14-16-11-25-13-19(17(16)22-18(21-14)23(2)3)6-8-24(12-19)10-15-5-4-7-20-9-15/h4-5,7,9H,6,8,10-13H2,1-3H3/t19-/m0/s1. The van der Waals surface area contributed by atoms with Crippen LogP contribution in [0.25, 0.3) is 0 Å². The molecule has 0 bridgehead atoms. The third kappa shape index (κ3) is 3.00. The average molecular weight is 339 g/mol. The lowest BCUT2D eigenvalue weighted by Gasteiger charge is -2.35. The molecule has 2 aromatic heterocycles. The van der Waals surface area contributed by atoms with E-state index in [2.05, 4.69) is 27.9 Å². The molecule has 0 saturated carbocycles. The van der Waals surface area contributed by atoms with Crippen molar-refractivity contribution in [2.24, 2.45) is 0 Å². The number of fused-ring (bicyclic) bond motifs is 2. The highest BCUT2D eigenvalue weighted by Crippen LogP contribution is 2.40. The van der Waals surface area contributed by atoms with Gasteiger partial charge in [-0.25, -0.2) is 9.97 Å². The molecule has 4 rings (SSSR count). The van der Waals surface area contributed by atoms with Crippen LogP contribution < -0.4 is 4.90 Å². The van der Waals surface area contributed by atoms with Crippen molar-refractivity contribution in [3.05, 3.63) is 47.0 Å². The lowest BCUT2D eigenvalue weighted by molar-refractivity contribution is 0.0498. The second-order valence-electron chi connectivity index (χ2n) is 7.43. The molecule has 0 aliphatic carbocycles. The Hall–Kier alpha value is -2.05. The Balaban J connectivity index is 1.64. The summed E-state index contributed by atoms with van der Waals surface area (Å²) in [7, 11) is 3.99. The molecule has 2 aliphatic rings. The average Bonchev–Trinajstić information content (AvgIpc) is 3.00. The van der Waals surface area contributed by atoms with Gasteiger partial charge in [-0.05, 0) is 31.5 Å². The zero-order valence-electron chi connectivity index (χ0n) is 15.2. The Bertz CT molecular complexity index is 764. The lowest BCUT2D eigenvalue weighted by Crippen LogP contribution is -2.41. The number of likely N-dealkylation sites (tertiary alicyclic amines) is 1. The van der Waals surface area contributed by atoms with Gasteiger partial charge in [0.1, 0.15) is 0 Å². The van der Waals surface area contributed by atoms with Crippen LogP contribution in [0.2, 0.25) is 0 Å². The molecule has 2 aromatic rings. The Labute approximate surface area is 148 Å². The van der Waals surface area contributed by atoms with E-state index < -0.39 is 0 Å². The van der Waals surface area contributed by atoms with Crippen LogP contribution in [0.15, 0.2) is 24.5 Å². The molecule has 132 valence electrons. The molecule has 0 amide bonds. The number of aryl methyl sites for hydroxylation is 1. The van der Waals surface area contributed by atoms with Crippen LogP contribution >= 0.6 is 0 Å². The van der Waals surface area contributed by atoms with Crippen molar-refractivity contribution < 1.29 is 4.74 Å². The number of nitrogens with zero attached hydrogens (tertiary/aromatic N) is 5. The molecule has 25 heavy (non-hydrogen) atoms. The van der Waals surface area contributed by atoms with E-state index in [0.717, 1.165) is 44.3 Å². The van der Waals surface area contributed by atoms with Crippen LogP contribution in [-0.2, 0) is 23.3 Å². The van der Waals surface area contributed by atoms with Gasteiger partial charge in [-0.3, -0.25) is 9.88 Å². The maximum Gasteiger partial charge on any atom is 0.225 e. The van der Waals surface area contributed by atoms with E-state index in [0.29, 0.717) is 6.61 Å². The quantitative estimate of drug-likeness (QED) is 0.852. The minimum atomic E-state index is -0.0196. The van der Waals surface area contributed by atoms with Gasteiger partial charge in [0.25, 0.3) is 0 Å². The summed E-state index contributed by atoms with van der Waals surface area (Å²) in [5.41, 5.74) is 4.65. The predicted octanol–water partition coefficient (Wildman–Crippen LogP) is 1.92. The Morgan fingerprint density at radius 1 is 1.32 bits per heavy atom. The van der Waals surface area contributed by atoms with E-state index in [4.69, 9.17) is 9.72 Å². The second-order valence-corrected chi connectivity index (χ2v) is 7.43. The summed E-state index contributed by atoms with van der Waals surface area (Å²) in [4.78, 5) is 18.3. The van der Waals surface area contributed by atoms with Gasteiger partial charge in [-0.1, -0.05) is 6.07 Å². The van der Waals surface area contributed by atoms with Crippen molar-refractivity contribution in [1.29, 1.82) is 0 Å². The van der Waals surface area contributed by atoms with Crippen LogP contribution in [0, 0.1) is 6.92 Å². The van der Waals surface area contributed by atoms with Crippen LogP contribution in [0.3, 0.4) is 0 Å². The van der Waals surface area contributed by atoms with Crippen molar-refractivity contribution >= 4 is 5.95 Å². The summed E-state index contributed by atoms with van der Waals surface area (Å²) in [6.07, 6.45) is 4.85. The summed E-state index contributed by atoms with van der Waals surface area (Å²) >= 11 is 0. The molecule has 4 heterocycles. The van der Waals surface area contributed by atoms with Gasteiger partial charge in [-0.15, -0.1) is 0 Å². The summed E-state index contributed by atoms with van der Waals surface area (Å²) in [6, 6.07) is 4.14. The van der Waals surface area contributed by atoms with Crippen molar-refractivity contribution in [2.75, 3.05) is 38.7 Å². The molecule has 1 saturated heterocycles. The molecule has 1 spiro atoms. The van der Waals surface area contributed by atoms with Crippen molar-refractivity contribution in [3.63, 3.8) is 0 Å². The fraction of sp³-hybridized carbons (Fsp3) is 0.526. The van der Waals surface area contributed by atoms with E-state index in [9.17, 15) is 0 Å². The highest BCUT2D eigenvalue weighted by molar-refractivity contribution is 5.41. The fourth-order valence-corrected chi connectivity index (χ4v) is 3.96. The normalized spacial score (nSPS) is 23.0. The number of anilines is 1. The molecule has 0 aromatic carbocycles. The number of hydrogen-bond acceptors (Lipinski definition) is 6. The zero-order chi connectivity index (χ0) is 17.4. The van der Waals surface area contributed by atoms with Crippen LogP contribution in [0.4, 0.5) is 5.95 Å². The maximum absolute atomic E-state index is 5.98. The molecule has 1 atom stereocenters. The Morgan fingerprint density at radius 2 is 2.20 bits per heavy atom. The lowest BCUT2D eigenvalue weighted by atomic mass is 9.80. The number of rotatable bonds is 3. The van der Waals surface area contributed by atoms with Gasteiger partial charge in [-0.2, -0.15) is 0 Å². The first-order valence-electron chi connectivity index (χ1n) is 8.82. The summed E-state index contributed by atoms with van der Waals surface area (Å²) in [6.45, 7) is 6.39. The number of aromatic nitrogens is 3. The molecule has 0 unspecified atom stereocenters. The highest BCUT2D eigenvalue weighted by atomic mass is 16.5.